The summed E-state index contributed by atoms with van der Waals surface area (Å²) < 4.78 is 0. The Morgan fingerprint density at radius 2 is 1.73 bits per heavy atom. The van der Waals surface area contributed by atoms with Crippen molar-refractivity contribution < 1.29 is 4.79 Å². The lowest BCUT2D eigenvalue weighted by molar-refractivity contribution is 0.183. The van der Waals surface area contributed by atoms with Gasteiger partial charge in [0.1, 0.15) is 0 Å². The maximum absolute atomic E-state index is 11.9. The van der Waals surface area contributed by atoms with Gasteiger partial charge in [0.05, 0.1) is 0 Å². The summed E-state index contributed by atoms with van der Waals surface area (Å²) in [5.74, 6) is 1.48. The molecule has 0 aromatic rings. The van der Waals surface area contributed by atoms with Crippen LogP contribution in [0.4, 0.5) is 4.79 Å². The standard InChI is InChI=1S/C12H22N2O/c1-8(10-4-5-10)13-12(15)14(3)9(2)11-6-7-11/h8-11H,4-7H2,1-3H3,(H,13,15)/t8-,9-/m1/s1. The number of nitrogens with zero attached hydrogens (tertiary/aromatic N) is 1. The molecule has 1 N–H and O–H groups in total. The summed E-state index contributed by atoms with van der Waals surface area (Å²) in [5.41, 5.74) is 0. The maximum Gasteiger partial charge on any atom is 0.317 e. The first-order valence-electron chi connectivity index (χ1n) is 6.13. The Kier molecular flexibility index (Phi) is 2.89. The fourth-order valence-electron chi connectivity index (χ4n) is 2.09. The average molecular weight is 210 g/mol. The Morgan fingerprint density at radius 3 is 2.20 bits per heavy atom. The van der Waals surface area contributed by atoms with Gasteiger partial charge in [-0.25, -0.2) is 4.79 Å². The second-order valence-electron chi connectivity index (χ2n) is 5.26. The molecule has 2 rings (SSSR count). The van der Waals surface area contributed by atoms with Crippen LogP contribution < -0.4 is 5.32 Å². The molecule has 0 aromatic heterocycles. The number of hydrogen-bond acceptors (Lipinski definition) is 1. The van der Waals surface area contributed by atoms with E-state index in [1.165, 1.54) is 25.7 Å². The smallest absolute Gasteiger partial charge is 0.317 e. The molecule has 0 heterocycles. The zero-order valence-corrected chi connectivity index (χ0v) is 9.99. The number of urea groups is 1. The summed E-state index contributed by atoms with van der Waals surface area (Å²) in [6.45, 7) is 4.27. The van der Waals surface area contributed by atoms with Crippen LogP contribution in [-0.2, 0) is 0 Å². The first-order chi connectivity index (χ1) is 7.09. The van der Waals surface area contributed by atoms with Crippen molar-refractivity contribution in [2.24, 2.45) is 11.8 Å². The van der Waals surface area contributed by atoms with Crippen LogP contribution in [0.3, 0.4) is 0 Å². The summed E-state index contributed by atoms with van der Waals surface area (Å²) in [6.07, 6.45) is 5.14. The fourth-order valence-corrected chi connectivity index (χ4v) is 2.09. The summed E-state index contributed by atoms with van der Waals surface area (Å²) >= 11 is 0. The van der Waals surface area contributed by atoms with Gasteiger partial charge in [-0.05, 0) is 51.4 Å². The molecule has 2 amide bonds. The molecule has 0 spiro atoms. The van der Waals surface area contributed by atoms with Gasteiger partial charge in [0.25, 0.3) is 0 Å². The number of rotatable bonds is 4. The molecule has 2 fully saturated rings. The van der Waals surface area contributed by atoms with Gasteiger partial charge < -0.3 is 10.2 Å². The van der Waals surface area contributed by atoms with Crippen LogP contribution in [0.25, 0.3) is 0 Å². The molecule has 2 aliphatic carbocycles. The quantitative estimate of drug-likeness (QED) is 0.758. The molecule has 2 aliphatic rings. The summed E-state index contributed by atoms with van der Waals surface area (Å²) in [5, 5.41) is 3.09. The molecule has 0 radical (unpaired) electrons. The minimum Gasteiger partial charge on any atom is -0.335 e. The Hall–Kier alpha value is -0.730. The van der Waals surface area contributed by atoms with Crippen LogP contribution in [-0.4, -0.2) is 30.1 Å². The molecule has 2 saturated carbocycles. The zero-order chi connectivity index (χ0) is 11.0. The van der Waals surface area contributed by atoms with Crippen molar-refractivity contribution in [3.05, 3.63) is 0 Å². The lowest BCUT2D eigenvalue weighted by atomic mass is 10.2. The first-order valence-corrected chi connectivity index (χ1v) is 6.13. The van der Waals surface area contributed by atoms with Crippen LogP contribution in [0.15, 0.2) is 0 Å². The third-order valence-electron chi connectivity index (χ3n) is 3.92. The minimum atomic E-state index is 0.105. The highest BCUT2D eigenvalue weighted by Gasteiger charge is 2.34. The van der Waals surface area contributed by atoms with Gasteiger partial charge in [0.15, 0.2) is 0 Å². The van der Waals surface area contributed by atoms with Gasteiger partial charge in [0.2, 0.25) is 0 Å². The highest BCUT2D eigenvalue weighted by molar-refractivity contribution is 5.74. The van der Waals surface area contributed by atoms with E-state index in [0.29, 0.717) is 12.1 Å². The van der Waals surface area contributed by atoms with Crippen LogP contribution >= 0.6 is 0 Å². The third-order valence-corrected chi connectivity index (χ3v) is 3.92. The van der Waals surface area contributed by atoms with Crippen molar-refractivity contribution in [3.63, 3.8) is 0 Å². The molecule has 3 heteroatoms. The molecule has 0 saturated heterocycles. The molecule has 2 atom stereocenters. The van der Waals surface area contributed by atoms with Crippen LogP contribution in [0.1, 0.15) is 39.5 Å². The van der Waals surface area contributed by atoms with Gasteiger partial charge >= 0.3 is 6.03 Å². The van der Waals surface area contributed by atoms with Gasteiger partial charge in [-0.3, -0.25) is 0 Å². The monoisotopic (exact) mass is 210 g/mol. The normalized spacial score (nSPS) is 24.5. The Balaban J connectivity index is 1.77. The second kappa shape index (κ2) is 4.03. The van der Waals surface area contributed by atoms with Gasteiger partial charge in [0, 0.05) is 19.1 Å². The highest BCUT2D eigenvalue weighted by atomic mass is 16.2. The summed E-state index contributed by atoms with van der Waals surface area (Å²) in [6, 6.07) is 0.858. The molecular formula is C12H22N2O. The van der Waals surface area contributed by atoms with Gasteiger partial charge in [-0.1, -0.05) is 0 Å². The molecule has 15 heavy (non-hydrogen) atoms. The van der Waals surface area contributed by atoms with Gasteiger partial charge in [-0.15, -0.1) is 0 Å². The molecule has 0 unspecified atom stereocenters. The number of carbonyl (C=O) groups is 1. The molecule has 0 aliphatic heterocycles. The largest absolute Gasteiger partial charge is 0.335 e. The van der Waals surface area contributed by atoms with Crippen molar-refractivity contribution in [2.75, 3.05) is 7.05 Å². The number of hydrogen-bond donors (Lipinski definition) is 1. The van der Waals surface area contributed by atoms with E-state index in [0.717, 1.165) is 11.8 Å². The van der Waals surface area contributed by atoms with E-state index < -0.39 is 0 Å². The third kappa shape index (κ3) is 2.64. The Bertz CT molecular complexity index is 246. The van der Waals surface area contributed by atoms with Crippen LogP contribution in [0, 0.1) is 11.8 Å². The maximum atomic E-state index is 11.9. The molecule has 0 bridgehead atoms. The lowest BCUT2D eigenvalue weighted by Gasteiger charge is -2.27. The van der Waals surface area contributed by atoms with Crippen LogP contribution in [0.5, 0.6) is 0 Å². The number of nitrogens with one attached hydrogen (secondary N) is 1. The van der Waals surface area contributed by atoms with Crippen LogP contribution in [0.2, 0.25) is 0 Å². The predicted octanol–water partition coefficient (Wildman–Crippen LogP) is 2.22. The van der Waals surface area contributed by atoms with E-state index in [1.807, 2.05) is 11.9 Å². The second-order valence-corrected chi connectivity index (χ2v) is 5.26. The minimum absolute atomic E-state index is 0.105. The summed E-state index contributed by atoms with van der Waals surface area (Å²) in [7, 11) is 1.91. The van der Waals surface area contributed by atoms with Crippen molar-refractivity contribution in [3.8, 4) is 0 Å². The molecule has 0 aromatic carbocycles. The predicted molar refractivity (Wildman–Crippen MR) is 60.7 cm³/mol. The SMILES string of the molecule is C[C@H](C1CC1)N(C)C(=O)N[C@H](C)C1CC1. The highest BCUT2D eigenvalue weighted by Crippen LogP contribution is 2.35. The fraction of sp³-hybridized carbons (Fsp3) is 0.917. The van der Waals surface area contributed by atoms with Crippen molar-refractivity contribution in [1.82, 2.24) is 10.2 Å². The van der Waals surface area contributed by atoms with E-state index in [9.17, 15) is 4.79 Å². The molecular weight excluding hydrogens is 188 g/mol. The Morgan fingerprint density at radius 1 is 1.20 bits per heavy atom. The average Bonchev–Trinajstić information content (AvgIpc) is 3.07. The lowest BCUT2D eigenvalue weighted by Crippen LogP contribution is -2.46. The molecule has 86 valence electrons. The first kappa shape index (κ1) is 10.8. The van der Waals surface area contributed by atoms with E-state index in [1.54, 1.807) is 0 Å². The zero-order valence-electron chi connectivity index (χ0n) is 9.99. The van der Waals surface area contributed by atoms with Crippen molar-refractivity contribution >= 4 is 6.03 Å². The topological polar surface area (TPSA) is 32.3 Å². The summed E-state index contributed by atoms with van der Waals surface area (Å²) in [4.78, 5) is 13.7. The number of amides is 2. The van der Waals surface area contributed by atoms with E-state index in [2.05, 4.69) is 19.2 Å². The van der Waals surface area contributed by atoms with E-state index in [-0.39, 0.29) is 6.03 Å². The van der Waals surface area contributed by atoms with Gasteiger partial charge in [-0.2, -0.15) is 0 Å². The van der Waals surface area contributed by atoms with E-state index >= 15 is 0 Å². The molecule has 3 nitrogen and oxygen atoms in total. The van der Waals surface area contributed by atoms with Crippen molar-refractivity contribution in [2.45, 2.75) is 51.6 Å². The Labute approximate surface area is 92.2 Å². The number of carbonyl (C=O) groups excluding carboxylic acids is 1. The van der Waals surface area contributed by atoms with Crippen molar-refractivity contribution in [1.29, 1.82) is 0 Å². The van der Waals surface area contributed by atoms with E-state index in [4.69, 9.17) is 0 Å².